The first-order valence-electron chi connectivity index (χ1n) is 12.2. The van der Waals surface area contributed by atoms with E-state index in [1.54, 1.807) is 0 Å². The van der Waals surface area contributed by atoms with Crippen LogP contribution in [0.25, 0.3) is 10.8 Å². The second-order valence-corrected chi connectivity index (χ2v) is 9.15. The van der Waals surface area contributed by atoms with E-state index in [9.17, 15) is 4.79 Å². The highest BCUT2D eigenvalue weighted by atomic mass is 16.5. The summed E-state index contributed by atoms with van der Waals surface area (Å²) in [7, 11) is 0. The minimum Gasteiger partial charge on any atom is -0.485 e. The molecule has 0 amide bonds. The van der Waals surface area contributed by atoms with Gasteiger partial charge in [-0.3, -0.25) is 0 Å². The van der Waals surface area contributed by atoms with Gasteiger partial charge in [0, 0.05) is 18.3 Å². The maximum Gasteiger partial charge on any atom is 0.341 e. The van der Waals surface area contributed by atoms with Gasteiger partial charge in [0.05, 0.1) is 12.2 Å². The third kappa shape index (κ3) is 4.99. The smallest absolute Gasteiger partial charge is 0.341 e. The van der Waals surface area contributed by atoms with Crippen LogP contribution in [-0.2, 0) is 4.79 Å². The molecule has 4 aromatic carbocycles. The summed E-state index contributed by atoms with van der Waals surface area (Å²) in [6.07, 6.45) is -0.0550. The Hall–Kier alpha value is -4.03. The van der Waals surface area contributed by atoms with E-state index >= 15 is 0 Å². The molecular weight excluding hydrogens is 452 g/mol. The average Bonchev–Trinajstić information content (AvgIpc) is 2.90. The first kappa shape index (κ1) is 23.7. The van der Waals surface area contributed by atoms with Crippen molar-refractivity contribution in [3.8, 4) is 11.5 Å². The Labute approximate surface area is 211 Å². The Kier molecular flexibility index (Phi) is 6.78. The van der Waals surface area contributed by atoms with Crippen LogP contribution in [0, 0.1) is 6.92 Å². The molecule has 2 N–H and O–H groups in total. The molecule has 0 radical (unpaired) electrons. The van der Waals surface area contributed by atoms with Crippen LogP contribution in [-0.4, -0.2) is 36.9 Å². The van der Waals surface area contributed by atoms with E-state index in [1.807, 2.05) is 43.3 Å². The van der Waals surface area contributed by atoms with Gasteiger partial charge in [-0.15, -0.1) is 0 Å². The Morgan fingerprint density at radius 1 is 1.08 bits per heavy atom. The Balaban J connectivity index is 1.34. The van der Waals surface area contributed by atoms with Crippen LogP contribution < -0.4 is 19.7 Å². The Morgan fingerprint density at radius 3 is 2.69 bits per heavy atom. The minimum absolute atomic E-state index is 0.0550. The quantitative estimate of drug-likeness (QED) is 0.328. The van der Waals surface area contributed by atoms with E-state index in [-0.39, 0.29) is 18.8 Å². The van der Waals surface area contributed by atoms with Gasteiger partial charge >= 0.3 is 5.97 Å². The molecule has 1 unspecified atom stereocenters. The number of nitrogens with zero attached hydrogens (tertiary/aromatic N) is 1. The number of ether oxygens (including phenoxy) is 2. The zero-order valence-electron chi connectivity index (χ0n) is 20.5. The second-order valence-electron chi connectivity index (χ2n) is 9.15. The van der Waals surface area contributed by atoms with Crippen molar-refractivity contribution in [2.24, 2.45) is 0 Å². The largest absolute Gasteiger partial charge is 0.485 e. The summed E-state index contributed by atoms with van der Waals surface area (Å²) >= 11 is 0. The van der Waals surface area contributed by atoms with Crippen LogP contribution in [0.2, 0.25) is 0 Å². The lowest BCUT2D eigenvalue weighted by Gasteiger charge is -2.37. The van der Waals surface area contributed by atoms with Crippen molar-refractivity contribution >= 4 is 28.1 Å². The second kappa shape index (κ2) is 10.3. The molecule has 0 saturated heterocycles. The number of rotatable bonds is 8. The zero-order valence-corrected chi connectivity index (χ0v) is 20.5. The monoisotopic (exact) mass is 482 g/mol. The summed E-state index contributed by atoms with van der Waals surface area (Å²) in [6, 6.07) is 28.9. The highest BCUT2D eigenvalue weighted by Crippen LogP contribution is 2.39. The lowest BCUT2D eigenvalue weighted by atomic mass is 9.99. The van der Waals surface area contributed by atoms with Crippen molar-refractivity contribution in [2.75, 3.05) is 24.6 Å². The average molecular weight is 483 g/mol. The normalized spacial score (nSPS) is 15.7. The highest BCUT2D eigenvalue weighted by Gasteiger charge is 2.27. The van der Waals surface area contributed by atoms with Crippen LogP contribution >= 0.6 is 0 Å². The summed E-state index contributed by atoms with van der Waals surface area (Å²) in [6.45, 7) is 5.13. The standard InChI is InChI=1S/C30H30N2O4/c1-20-16-23(14-15-28(20)35-19-30(33)34)32-18-24(36-29-13-6-5-12-27(29)32)17-31-21(2)25-11-7-9-22-8-3-4-10-26(22)25/h3-16,21,24,31H,17-19H2,1-2H3,(H,33,34)/t21-,24?/m1/s1. The summed E-state index contributed by atoms with van der Waals surface area (Å²) in [4.78, 5) is 13.1. The zero-order chi connectivity index (χ0) is 25.1. The maximum absolute atomic E-state index is 10.9. The van der Waals surface area contributed by atoms with Crippen LogP contribution in [0.1, 0.15) is 24.1 Å². The number of hydrogen-bond acceptors (Lipinski definition) is 5. The number of nitrogens with one attached hydrogen (secondary N) is 1. The lowest BCUT2D eigenvalue weighted by Crippen LogP contribution is -2.44. The molecule has 184 valence electrons. The third-order valence-electron chi connectivity index (χ3n) is 6.60. The van der Waals surface area contributed by atoms with E-state index < -0.39 is 5.97 Å². The number of carboxylic acids is 1. The summed E-state index contributed by atoms with van der Waals surface area (Å²) in [5, 5.41) is 15.1. The van der Waals surface area contributed by atoms with Gasteiger partial charge in [-0.25, -0.2) is 4.79 Å². The number of anilines is 2. The number of aryl methyl sites for hydroxylation is 1. The number of fused-ring (bicyclic) bond motifs is 2. The van der Waals surface area contributed by atoms with Gasteiger partial charge in [-0.2, -0.15) is 0 Å². The number of hydrogen-bond donors (Lipinski definition) is 2. The predicted molar refractivity (Wildman–Crippen MR) is 143 cm³/mol. The fourth-order valence-electron chi connectivity index (χ4n) is 4.80. The van der Waals surface area contributed by atoms with Crippen LogP contribution in [0.5, 0.6) is 11.5 Å². The molecule has 0 bridgehead atoms. The molecule has 4 aromatic rings. The van der Waals surface area contributed by atoms with Crippen molar-refractivity contribution in [1.29, 1.82) is 0 Å². The van der Waals surface area contributed by atoms with Crippen molar-refractivity contribution in [1.82, 2.24) is 5.32 Å². The molecule has 1 aliphatic rings. The first-order valence-corrected chi connectivity index (χ1v) is 12.2. The van der Waals surface area contributed by atoms with Crippen molar-refractivity contribution < 1.29 is 19.4 Å². The molecule has 0 saturated carbocycles. The van der Waals surface area contributed by atoms with Crippen molar-refractivity contribution in [2.45, 2.75) is 26.0 Å². The molecule has 5 rings (SSSR count). The van der Waals surface area contributed by atoms with Gasteiger partial charge in [-0.05, 0) is 66.1 Å². The predicted octanol–water partition coefficient (Wildman–Crippen LogP) is 5.86. The lowest BCUT2D eigenvalue weighted by molar-refractivity contribution is -0.139. The summed E-state index contributed by atoms with van der Waals surface area (Å²) < 4.78 is 11.8. The molecule has 0 fully saturated rings. The van der Waals surface area contributed by atoms with E-state index in [0.29, 0.717) is 18.8 Å². The number of carbonyl (C=O) groups is 1. The molecule has 2 atom stereocenters. The van der Waals surface area contributed by atoms with Crippen LogP contribution in [0.15, 0.2) is 84.9 Å². The van der Waals surface area contributed by atoms with Gasteiger partial charge < -0.3 is 24.8 Å². The van der Waals surface area contributed by atoms with E-state index in [1.165, 1.54) is 16.3 Å². The van der Waals surface area contributed by atoms with Crippen LogP contribution in [0.4, 0.5) is 11.4 Å². The molecule has 6 heteroatoms. The number of para-hydroxylation sites is 2. The number of aliphatic carboxylic acids is 1. The molecule has 36 heavy (non-hydrogen) atoms. The fourth-order valence-corrected chi connectivity index (χ4v) is 4.80. The Bertz CT molecular complexity index is 1380. The van der Waals surface area contributed by atoms with Gasteiger partial charge in [0.1, 0.15) is 17.6 Å². The molecule has 1 heterocycles. The maximum atomic E-state index is 10.9. The van der Waals surface area contributed by atoms with Crippen molar-refractivity contribution in [3.63, 3.8) is 0 Å². The van der Waals surface area contributed by atoms with Crippen molar-refractivity contribution in [3.05, 3.63) is 96.1 Å². The van der Waals surface area contributed by atoms with Gasteiger partial charge in [0.15, 0.2) is 6.61 Å². The molecule has 1 aliphatic heterocycles. The SMILES string of the molecule is Cc1cc(N2CC(CN[C@H](C)c3cccc4ccccc34)Oc3ccccc32)ccc1OCC(=O)O. The number of carboxylic acid groups (broad SMARTS) is 1. The first-order chi connectivity index (χ1) is 17.5. The van der Waals surface area contributed by atoms with Gasteiger partial charge in [0.25, 0.3) is 0 Å². The molecule has 0 aliphatic carbocycles. The molecular formula is C30H30N2O4. The van der Waals surface area contributed by atoms with E-state index in [2.05, 4.69) is 65.7 Å². The fraction of sp³-hybridized carbons (Fsp3) is 0.233. The number of benzene rings is 4. The van der Waals surface area contributed by atoms with E-state index in [4.69, 9.17) is 14.6 Å². The summed E-state index contributed by atoms with van der Waals surface area (Å²) in [5.41, 5.74) is 4.18. The Morgan fingerprint density at radius 2 is 1.86 bits per heavy atom. The topological polar surface area (TPSA) is 71.0 Å². The van der Waals surface area contributed by atoms with E-state index in [0.717, 1.165) is 22.7 Å². The minimum atomic E-state index is -0.992. The summed E-state index contributed by atoms with van der Waals surface area (Å²) in [5.74, 6) is 0.427. The van der Waals surface area contributed by atoms with Gasteiger partial charge in [0.2, 0.25) is 0 Å². The third-order valence-corrected chi connectivity index (χ3v) is 6.60. The van der Waals surface area contributed by atoms with Gasteiger partial charge in [-0.1, -0.05) is 54.6 Å². The molecule has 6 nitrogen and oxygen atoms in total. The molecule has 0 spiro atoms. The molecule has 0 aromatic heterocycles. The van der Waals surface area contributed by atoms with Crippen LogP contribution in [0.3, 0.4) is 0 Å². The highest BCUT2D eigenvalue weighted by molar-refractivity contribution is 5.86.